The van der Waals surface area contributed by atoms with Crippen molar-refractivity contribution in [2.45, 2.75) is 30.9 Å². The first-order chi connectivity index (χ1) is 9.82. The lowest BCUT2D eigenvalue weighted by atomic mass is 10.3. The van der Waals surface area contributed by atoms with E-state index in [1.54, 1.807) is 45.0 Å². The number of hydrogen-bond acceptors (Lipinski definition) is 5. The maximum absolute atomic E-state index is 12.4. The Morgan fingerprint density at radius 1 is 1.24 bits per heavy atom. The van der Waals surface area contributed by atoms with Gasteiger partial charge in [-0.2, -0.15) is 0 Å². The molecule has 0 amide bonds. The fourth-order valence-corrected chi connectivity index (χ4v) is 3.08. The van der Waals surface area contributed by atoms with Crippen LogP contribution in [0.3, 0.4) is 0 Å². The molecule has 0 bridgehead atoms. The van der Waals surface area contributed by atoms with Gasteiger partial charge in [-0.3, -0.25) is 0 Å². The third kappa shape index (κ3) is 3.33. The summed E-state index contributed by atoms with van der Waals surface area (Å²) in [7, 11) is -3.40. The molecule has 1 N–H and O–H groups in total. The van der Waals surface area contributed by atoms with Crippen molar-refractivity contribution in [3.63, 3.8) is 0 Å². The lowest BCUT2D eigenvalue weighted by Gasteiger charge is -2.14. The van der Waals surface area contributed by atoms with E-state index in [0.29, 0.717) is 22.4 Å². The molecule has 0 aliphatic carbocycles. The number of benzene rings is 1. The van der Waals surface area contributed by atoms with Crippen LogP contribution in [0.1, 0.15) is 19.7 Å². The summed E-state index contributed by atoms with van der Waals surface area (Å²) in [5.41, 5.74) is 0.450. The summed E-state index contributed by atoms with van der Waals surface area (Å²) >= 11 is 6.04. The molecular formula is C14H16ClN3O2S. The molecule has 0 spiro atoms. The lowest BCUT2D eigenvalue weighted by molar-refractivity contribution is 0.588. The van der Waals surface area contributed by atoms with Crippen LogP contribution in [0.5, 0.6) is 0 Å². The number of halogens is 1. The molecule has 21 heavy (non-hydrogen) atoms. The highest BCUT2D eigenvalue weighted by Gasteiger charge is 2.22. The van der Waals surface area contributed by atoms with E-state index >= 15 is 0 Å². The highest BCUT2D eigenvalue weighted by Crippen LogP contribution is 2.29. The zero-order valence-corrected chi connectivity index (χ0v) is 13.5. The Morgan fingerprint density at radius 2 is 1.90 bits per heavy atom. The Bertz CT molecular complexity index is 761. The highest BCUT2D eigenvalue weighted by atomic mass is 35.5. The molecule has 2 rings (SSSR count). The van der Waals surface area contributed by atoms with Gasteiger partial charge in [-0.1, -0.05) is 23.7 Å². The Balaban J connectivity index is 2.49. The molecule has 112 valence electrons. The van der Waals surface area contributed by atoms with E-state index < -0.39 is 15.1 Å². The molecule has 0 radical (unpaired) electrons. The van der Waals surface area contributed by atoms with Gasteiger partial charge in [-0.25, -0.2) is 18.4 Å². The molecule has 0 unspecified atom stereocenters. The molecule has 0 aliphatic rings. The number of nitrogens with zero attached hydrogens (tertiary/aromatic N) is 2. The SMILES string of the molecule is Cc1ncc(Cl)c(Nc2ccccc2S(=O)(=O)C(C)C)n1. The molecular weight excluding hydrogens is 310 g/mol. The number of rotatable bonds is 4. The summed E-state index contributed by atoms with van der Waals surface area (Å²) in [6.07, 6.45) is 1.48. The largest absolute Gasteiger partial charge is 0.338 e. The van der Waals surface area contributed by atoms with Gasteiger partial charge in [0, 0.05) is 0 Å². The second-order valence-corrected chi connectivity index (χ2v) is 7.71. The number of para-hydroxylation sites is 1. The van der Waals surface area contributed by atoms with Crippen LogP contribution in [0.15, 0.2) is 35.4 Å². The van der Waals surface area contributed by atoms with E-state index in [-0.39, 0.29) is 4.90 Å². The Morgan fingerprint density at radius 3 is 2.57 bits per heavy atom. The van der Waals surface area contributed by atoms with Gasteiger partial charge in [0.1, 0.15) is 10.8 Å². The number of anilines is 2. The van der Waals surface area contributed by atoms with E-state index in [0.717, 1.165) is 0 Å². The molecule has 0 fully saturated rings. The monoisotopic (exact) mass is 325 g/mol. The van der Waals surface area contributed by atoms with Crippen LogP contribution in [-0.2, 0) is 9.84 Å². The van der Waals surface area contributed by atoms with Gasteiger partial charge < -0.3 is 5.32 Å². The number of hydrogen-bond donors (Lipinski definition) is 1. The summed E-state index contributed by atoms with van der Waals surface area (Å²) < 4.78 is 24.8. The van der Waals surface area contributed by atoms with E-state index in [1.807, 2.05) is 0 Å². The molecule has 0 atom stereocenters. The van der Waals surface area contributed by atoms with Crippen LogP contribution in [0.2, 0.25) is 5.02 Å². The predicted molar refractivity (Wildman–Crippen MR) is 83.8 cm³/mol. The first kappa shape index (κ1) is 15.7. The normalized spacial score (nSPS) is 11.7. The predicted octanol–water partition coefficient (Wildman–Crippen LogP) is 3.36. The Labute approximate surface area is 129 Å². The van der Waals surface area contributed by atoms with Gasteiger partial charge in [0.15, 0.2) is 15.7 Å². The van der Waals surface area contributed by atoms with Gasteiger partial charge in [0.05, 0.1) is 22.0 Å². The molecule has 2 aromatic rings. The van der Waals surface area contributed by atoms with Crippen molar-refractivity contribution < 1.29 is 8.42 Å². The Hall–Kier alpha value is -1.66. The van der Waals surface area contributed by atoms with Crippen LogP contribution < -0.4 is 5.32 Å². The maximum Gasteiger partial charge on any atom is 0.182 e. The molecule has 0 saturated heterocycles. The van der Waals surface area contributed by atoms with E-state index in [9.17, 15) is 8.42 Å². The molecule has 0 aliphatic heterocycles. The van der Waals surface area contributed by atoms with Crippen molar-refractivity contribution in [1.29, 1.82) is 0 Å². The third-order valence-electron chi connectivity index (χ3n) is 2.93. The molecule has 1 aromatic heterocycles. The van der Waals surface area contributed by atoms with E-state index in [2.05, 4.69) is 15.3 Å². The first-order valence-electron chi connectivity index (χ1n) is 6.41. The average Bonchev–Trinajstić information content (AvgIpc) is 2.43. The van der Waals surface area contributed by atoms with Crippen molar-refractivity contribution in [3.05, 3.63) is 41.3 Å². The third-order valence-corrected chi connectivity index (χ3v) is 5.42. The zero-order valence-electron chi connectivity index (χ0n) is 12.0. The first-order valence-corrected chi connectivity index (χ1v) is 8.34. The minimum Gasteiger partial charge on any atom is -0.338 e. The minimum atomic E-state index is -3.40. The minimum absolute atomic E-state index is 0.229. The number of sulfone groups is 1. The van der Waals surface area contributed by atoms with Crippen molar-refractivity contribution in [2.24, 2.45) is 0 Å². The van der Waals surface area contributed by atoms with Crippen molar-refractivity contribution in [2.75, 3.05) is 5.32 Å². The lowest BCUT2D eigenvalue weighted by Crippen LogP contribution is -2.15. The topological polar surface area (TPSA) is 72.0 Å². The van der Waals surface area contributed by atoms with Gasteiger partial charge in [-0.05, 0) is 32.9 Å². The van der Waals surface area contributed by atoms with Crippen molar-refractivity contribution >= 4 is 32.9 Å². The van der Waals surface area contributed by atoms with Crippen LogP contribution in [0, 0.1) is 6.92 Å². The summed E-state index contributed by atoms with van der Waals surface area (Å²) in [6, 6.07) is 6.69. The zero-order chi connectivity index (χ0) is 15.6. The van der Waals surface area contributed by atoms with Crippen LogP contribution >= 0.6 is 11.6 Å². The fraction of sp³-hybridized carbons (Fsp3) is 0.286. The smallest absolute Gasteiger partial charge is 0.182 e. The quantitative estimate of drug-likeness (QED) is 0.933. The molecule has 7 heteroatoms. The summed E-state index contributed by atoms with van der Waals surface area (Å²) in [4.78, 5) is 8.40. The van der Waals surface area contributed by atoms with Crippen molar-refractivity contribution in [3.8, 4) is 0 Å². The van der Waals surface area contributed by atoms with Crippen LogP contribution in [0.25, 0.3) is 0 Å². The number of nitrogens with one attached hydrogen (secondary N) is 1. The molecule has 1 aromatic carbocycles. The van der Waals surface area contributed by atoms with Crippen molar-refractivity contribution in [1.82, 2.24) is 9.97 Å². The summed E-state index contributed by atoms with van der Waals surface area (Å²) in [5, 5.41) is 2.80. The van der Waals surface area contributed by atoms with Gasteiger partial charge >= 0.3 is 0 Å². The number of aromatic nitrogens is 2. The molecule has 5 nitrogen and oxygen atoms in total. The summed E-state index contributed by atoms with van der Waals surface area (Å²) in [6.45, 7) is 5.03. The highest BCUT2D eigenvalue weighted by molar-refractivity contribution is 7.92. The van der Waals surface area contributed by atoms with Gasteiger partial charge in [-0.15, -0.1) is 0 Å². The van der Waals surface area contributed by atoms with E-state index in [1.165, 1.54) is 6.20 Å². The van der Waals surface area contributed by atoms with Gasteiger partial charge in [0.25, 0.3) is 0 Å². The van der Waals surface area contributed by atoms with Crippen LogP contribution in [-0.4, -0.2) is 23.6 Å². The van der Waals surface area contributed by atoms with Gasteiger partial charge in [0.2, 0.25) is 0 Å². The molecule has 0 saturated carbocycles. The second-order valence-electron chi connectivity index (χ2n) is 4.83. The maximum atomic E-state index is 12.4. The number of aryl methyl sites for hydroxylation is 1. The second kappa shape index (κ2) is 5.99. The molecule has 1 heterocycles. The van der Waals surface area contributed by atoms with E-state index in [4.69, 9.17) is 11.6 Å². The van der Waals surface area contributed by atoms with Crippen LogP contribution in [0.4, 0.5) is 11.5 Å². The Kier molecular flexibility index (Phi) is 4.49. The average molecular weight is 326 g/mol. The fourth-order valence-electron chi connectivity index (χ4n) is 1.74. The standard InChI is InChI=1S/C14H16ClN3O2S/c1-9(2)21(19,20)13-7-5-4-6-12(13)18-14-11(15)8-16-10(3)17-14/h4-9H,1-3H3,(H,16,17,18). The summed E-state index contributed by atoms with van der Waals surface area (Å²) in [5.74, 6) is 0.932.